The van der Waals surface area contributed by atoms with E-state index in [0.717, 1.165) is 10.8 Å². The lowest BCUT2D eigenvalue weighted by Gasteiger charge is -2.08. The van der Waals surface area contributed by atoms with Crippen LogP contribution in [0.5, 0.6) is 5.75 Å². The van der Waals surface area contributed by atoms with E-state index in [1.54, 1.807) is 25.1 Å². The van der Waals surface area contributed by atoms with Crippen LogP contribution in [-0.4, -0.2) is 15.0 Å². The fraction of sp³-hybridized carbons (Fsp3) is 0.167. The van der Waals surface area contributed by atoms with Gasteiger partial charge in [0.05, 0.1) is 6.61 Å². The highest BCUT2D eigenvalue weighted by atomic mass is 32.3. The summed E-state index contributed by atoms with van der Waals surface area (Å²) >= 11 is 0. The summed E-state index contributed by atoms with van der Waals surface area (Å²) in [6, 6.07) is 12.6. The minimum atomic E-state index is -3.98. The second kappa shape index (κ2) is 4.73. The maximum absolute atomic E-state index is 11.4. The Morgan fingerprint density at radius 2 is 1.76 bits per heavy atom. The zero-order chi connectivity index (χ0) is 12.3. The molecule has 0 aliphatic heterocycles. The monoisotopic (exact) mass is 252 g/mol. The largest absolute Gasteiger partial charge is 0.449 e. The SMILES string of the molecule is CCOS(=O)(=O)Oc1cccc2ccccc12. The lowest BCUT2D eigenvalue weighted by molar-refractivity contribution is 0.288. The van der Waals surface area contributed by atoms with E-state index in [2.05, 4.69) is 4.18 Å². The Kier molecular flexibility index (Phi) is 3.31. The Morgan fingerprint density at radius 3 is 2.53 bits per heavy atom. The molecule has 0 saturated heterocycles. The first-order valence-corrected chi connectivity index (χ1v) is 6.52. The van der Waals surface area contributed by atoms with Gasteiger partial charge in [0.2, 0.25) is 0 Å². The first-order valence-electron chi connectivity index (χ1n) is 5.19. The predicted octanol–water partition coefficient (Wildman–Crippen LogP) is 2.50. The van der Waals surface area contributed by atoms with Crippen LogP contribution in [0.4, 0.5) is 0 Å². The van der Waals surface area contributed by atoms with Gasteiger partial charge in [0.1, 0.15) is 0 Å². The number of rotatable bonds is 4. The average Bonchev–Trinajstić information content (AvgIpc) is 2.29. The zero-order valence-corrected chi connectivity index (χ0v) is 10.1. The first kappa shape index (κ1) is 11.9. The molecule has 0 atom stereocenters. The van der Waals surface area contributed by atoms with Crippen LogP contribution in [-0.2, 0) is 14.6 Å². The zero-order valence-electron chi connectivity index (χ0n) is 9.29. The van der Waals surface area contributed by atoms with Crippen molar-refractivity contribution >= 4 is 21.2 Å². The number of hydrogen-bond acceptors (Lipinski definition) is 4. The molecule has 0 unspecified atom stereocenters. The molecule has 90 valence electrons. The summed E-state index contributed by atoms with van der Waals surface area (Å²) in [7, 11) is -3.98. The van der Waals surface area contributed by atoms with E-state index >= 15 is 0 Å². The van der Waals surface area contributed by atoms with Crippen LogP contribution in [0, 0.1) is 0 Å². The van der Waals surface area contributed by atoms with Crippen molar-refractivity contribution in [3.63, 3.8) is 0 Å². The van der Waals surface area contributed by atoms with Crippen molar-refractivity contribution in [3.05, 3.63) is 42.5 Å². The molecule has 0 fully saturated rings. The van der Waals surface area contributed by atoms with Gasteiger partial charge in [-0.3, -0.25) is 0 Å². The summed E-state index contributed by atoms with van der Waals surface area (Å²) in [5.41, 5.74) is 0. The Morgan fingerprint density at radius 1 is 1.06 bits per heavy atom. The van der Waals surface area contributed by atoms with Crippen LogP contribution in [0.2, 0.25) is 0 Å². The topological polar surface area (TPSA) is 52.6 Å². The average molecular weight is 252 g/mol. The van der Waals surface area contributed by atoms with Gasteiger partial charge in [-0.05, 0) is 18.4 Å². The molecule has 0 aromatic heterocycles. The molecule has 0 saturated carbocycles. The highest BCUT2D eigenvalue weighted by Crippen LogP contribution is 2.26. The maximum atomic E-state index is 11.4. The molecule has 5 heteroatoms. The van der Waals surface area contributed by atoms with Gasteiger partial charge in [-0.15, -0.1) is 0 Å². The van der Waals surface area contributed by atoms with Crippen molar-refractivity contribution in [3.8, 4) is 5.75 Å². The maximum Gasteiger partial charge on any atom is 0.449 e. The molecule has 17 heavy (non-hydrogen) atoms. The molecule has 2 aromatic carbocycles. The Bertz CT molecular complexity index is 614. The van der Waals surface area contributed by atoms with Crippen LogP contribution >= 0.6 is 0 Å². The van der Waals surface area contributed by atoms with Crippen LogP contribution in [0.3, 0.4) is 0 Å². The summed E-state index contributed by atoms with van der Waals surface area (Å²) in [5, 5.41) is 1.65. The van der Waals surface area contributed by atoms with Crippen LogP contribution in [0.1, 0.15) is 6.92 Å². The molecule has 0 N–H and O–H groups in total. The third-order valence-electron chi connectivity index (χ3n) is 2.20. The van der Waals surface area contributed by atoms with E-state index in [9.17, 15) is 8.42 Å². The summed E-state index contributed by atoms with van der Waals surface area (Å²) < 4.78 is 32.2. The lowest BCUT2D eigenvalue weighted by atomic mass is 10.1. The normalized spacial score (nSPS) is 11.6. The van der Waals surface area contributed by atoms with Gasteiger partial charge in [-0.1, -0.05) is 36.4 Å². The molecule has 2 aromatic rings. The Hall–Kier alpha value is -1.59. The van der Waals surface area contributed by atoms with Crippen molar-refractivity contribution < 1.29 is 16.8 Å². The van der Waals surface area contributed by atoms with Crippen molar-refractivity contribution in [2.24, 2.45) is 0 Å². The van der Waals surface area contributed by atoms with E-state index in [4.69, 9.17) is 4.18 Å². The number of hydrogen-bond donors (Lipinski definition) is 0. The molecule has 0 bridgehead atoms. The van der Waals surface area contributed by atoms with Crippen LogP contribution in [0.25, 0.3) is 10.8 Å². The van der Waals surface area contributed by atoms with Gasteiger partial charge < -0.3 is 4.18 Å². The van der Waals surface area contributed by atoms with Gasteiger partial charge in [-0.25, -0.2) is 4.18 Å². The predicted molar refractivity (Wildman–Crippen MR) is 65.1 cm³/mol. The standard InChI is InChI=1S/C12H12O4S/c1-2-15-17(13,14)16-12-9-5-7-10-6-3-4-8-11(10)12/h3-9H,2H2,1H3. The van der Waals surface area contributed by atoms with Gasteiger partial charge in [0.25, 0.3) is 0 Å². The van der Waals surface area contributed by atoms with Gasteiger partial charge in [-0.2, -0.15) is 8.42 Å². The van der Waals surface area contributed by atoms with Gasteiger partial charge in [0, 0.05) is 5.39 Å². The second-order valence-electron chi connectivity index (χ2n) is 3.38. The highest BCUT2D eigenvalue weighted by molar-refractivity contribution is 7.82. The molecule has 0 spiro atoms. The van der Waals surface area contributed by atoms with E-state index in [1.165, 1.54) is 0 Å². The third-order valence-corrected chi connectivity index (χ3v) is 3.11. The van der Waals surface area contributed by atoms with Crippen molar-refractivity contribution in [2.75, 3.05) is 6.61 Å². The number of benzene rings is 2. The summed E-state index contributed by atoms with van der Waals surface area (Å²) in [6.45, 7) is 1.64. The number of fused-ring (bicyclic) bond motifs is 1. The highest BCUT2D eigenvalue weighted by Gasteiger charge is 2.14. The smallest absolute Gasteiger partial charge is 0.361 e. The van der Waals surface area contributed by atoms with Gasteiger partial charge in [0.15, 0.2) is 5.75 Å². The molecule has 0 amide bonds. The Labute approximate surface area is 100 Å². The van der Waals surface area contributed by atoms with E-state index in [-0.39, 0.29) is 12.4 Å². The summed E-state index contributed by atoms with van der Waals surface area (Å²) in [6.07, 6.45) is 0. The van der Waals surface area contributed by atoms with Crippen LogP contribution < -0.4 is 4.18 Å². The summed E-state index contributed by atoms with van der Waals surface area (Å²) in [4.78, 5) is 0. The first-order chi connectivity index (χ1) is 8.12. The lowest BCUT2D eigenvalue weighted by Crippen LogP contribution is -2.13. The fourth-order valence-electron chi connectivity index (χ4n) is 1.55. The second-order valence-corrected chi connectivity index (χ2v) is 4.59. The third kappa shape index (κ3) is 2.75. The van der Waals surface area contributed by atoms with E-state index < -0.39 is 10.4 Å². The van der Waals surface area contributed by atoms with E-state index in [1.807, 2.05) is 24.3 Å². The minimum absolute atomic E-state index is 0.0487. The van der Waals surface area contributed by atoms with E-state index in [0.29, 0.717) is 0 Å². The van der Waals surface area contributed by atoms with Gasteiger partial charge >= 0.3 is 10.4 Å². The molecular weight excluding hydrogens is 240 g/mol. The summed E-state index contributed by atoms with van der Waals surface area (Å²) in [5.74, 6) is 0.275. The molecule has 0 heterocycles. The molecule has 0 radical (unpaired) electrons. The molecule has 4 nitrogen and oxygen atoms in total. The van der Waals surface area contributed by atoms with Crippen molar-refractivity contribution in [1.29, 1.82) is 0 Å². The van der Waals surface area contributed by atoms with Crippen molar-refractivity contribution in [2.45, 2.75) is 6.92 Å². The molecular formula is C12H12O4S. The molecule has 2 rings (SSSR count). The quantitative estimate of drug-likeness (QED) is 0.839. The minimum Gasteiger partial charge on any atom is -0.361 e. The Balaban J connectivity index is 2.43. The fourth-order valence-corrected chi connectivity index (χ4v) is 2.25. The molecule has 0 aliphatic carbocycles. The molecule has 0 aliphatic rings. The van der Waals surface area contributed by atoms with Crippen molar-refractivity contribution in [1.82, 2.24) is 0 Å². The van der Waals surface area contributed by atoms with Crippen LogP contribution in [0.15, 0.2) is 42.5 Å².